The van der Waals surface area contributed by atoms with E-state index in [9.17, 15) is 8.42 Å². The summed E-state index contributed by atoms with van der Waals surface area (Å²) in [5, 5.41) is 7.68. The monoisotopic (exact) mass is 234 g/mol. The molecule has 1 heterocycles. The summed E-state index contributed by atoms with van der Waals surface area (Å²) in [6.07, 6.45) is 0. The van der Waals surface area contributed by atoms with Crippen molar-refractivity contribution in [2.75, 3.05) is 20.3 Å². The van der Waals surface area contributed by atoms with E-state index in [-0.39, 0.29) is 5.09 Å². The van der Waals surface area contributed by atoms with Crippen molar-refractivity contribution in [1.29, 1.82) is 0 Å². The van der Waals surface area contributed by atoms with Crippen molar-refractivity contribution in [3.05, 3.63) is 17.9 Å². The number of ether oxygens (including phenoxy) is 1. The van der Waals surface area contributed by atoms with Gasteiger partial charge in [0, 0.05) is 13.7 Å². The van der Waals surface area contributed by atoms with E-state index in [1.165, 1.54) is 6.07 Å². The number of nitrogens with two attached hydrogens (primary N) is 1. The first-order chi connectivity index (χ1) is 7.04. The standard InChI is InChI=1S/C8H14N2O4S/c1-13-5-4-10-6-7-2-3-8(14-7)15(9,11)12/h2-3,10H,4-6H2,1H3,(H2,9,11,12). The van der Waals surface area contributed by atoms with Crippen molar-refractivity contribution >= 4 is 10.0 Å². The molecule has 0 aliphatic rings. The lowest BCUT2D eigenvalue weighted by Gasteiger charge is -2.00. The molecule has 15 heavy (non-hydrogen) atoms. The number of hydrogen-bond acceptors (Lipinski definition) is 5. The van der Waals surface area contributed by atoms with Crippen LogP contribution in [0.25, 0.3) is 0 Å². The molecule has 0 saturated carbocycles. The van der Waals surface area contributed by atoms with Gasteiger partial charge < -0.3 is 14.5 Å². The van der Waals surface area contributed by atoms with E-state index >= 15 is 0 Å². The third kappa shape index (κ3) is 4.00. The molecule has 0 fully saturated rings. The largest absolute Gasteiger partial charge is 0.447 e. The molecule has 86 valence electrons. The van der Waals surface area contributed by atoms with Gasteiger partial charge in [0.05, 0.1) is 13.2 Å². The van der Waals surface area contributed by atoms with Gasteiger partial charge in [0.2, 0.25) is 5.09 Å². The fourth-order valence-corrected chi connectivity index (χ4v) is 1.47. The maximum Gasteiger partial charge on any atom is 0.271 e. The van der Waals surface area contributed by atoms with E-state index in [1.54, 1.807) is 13.2 Å². The molecule has 0 saturated heterocycles. The summed E-state index contributed by atoms with van der Waals surface area (Å²) in [5.74, 6) is 0.523. The van der Waals surface area contributed by atoms with Crippen LogP contribution in [-0.2, 0) is 21.3 Å². The SMILES string of the molecule is COCCNCc1ccc(S(N)(=O)=O)o1. The smallest absolute Gasteiger partial charge is 0.271 e. The van der Waals surface area contributed by atoms with Crippen LogP contribution in [0.1, 0.15) is 5.76 Å². The van der Waals surface area contributed by atoms with Gasteiger partial charge in [-0.2, -0.15) is 0 Å². The second-order valence-electron chi connectivity index (χ2n) is 2.94. The van der Waals surface area contributed by atoms with E-state index < -0.39 is 10.0 Å². The van der Waals surface area contributed by atoms with E-state index in [2.05, 4.69) is 5.32 Å². The van der Waals surface area contributed by atoms with Crippen LogP contribution >= 0.6 is 0 Å². The first-order valence-corrected chi connectivity index (χ1v) is 5.90. The molecule has 1 aromatic rings. The molecule has 0 aliphatic carbocycles. The molecule has 0 unspecified atom stereocenters. The lowest BCUT2D eigenvalue weighted by molar-refractivity contribution is 0.198. The zero-order valence-electron chi connectivity index (χ0n) is 8.39. The minimum atomic E-state index is -3.74. The highest BCUT2D eigenvalue weighted by atomic mass is 32.2. The van der Waals surface area contributed by atoms with Gasteiger partial charge >= 0.3 is 0 Å². The molecule has 0 aromatic carbocycles. The Kier molecular flexibility index (Phi) is 4.28. The van der Waals surface area contributed by atoms with Gasteiger partial charge in [-0.3, -0.25) is 0 Å². The Balaban J connectivity index is 2.47. The molecule has 0 atom stereocenters. The van der Waals surface area contributed by atoms with Gasteiger partial charge in [0.15, 0.2) is 0 Å². The van der Waals surface area contributed by atoms with Crippen molar-refractivity contribution in [2.24, 2.45) is 5.14 Å². The molecule has 3 N–H and O–H groups in total. The second kappa shape index (κ2) is 5.26. The second-order valence-corrected chi connectivity index (χ2v) is 4.43. The third-order valence-corrected chi connectivity index (χ3v) is 2.48. The van der Waals surface area contributed by atoms with Gasteiger partial charge in [-0.1, -0.05) is 0 Å². The van der Waals surface area contributed by atoms with Gasteiger partial charge in [0.1, 0.15) is 5.76 Å². The Bertz CT molecular complexity index is 399. The highest BCUT2D eigenvalue weighted by Crippen LogP contribution is 2.11. The minimum Gasteiger partial charge on any atom is -0.447 e. The Hall–Kier alpha value is -0.890. The number of sulfonamides is 1. The van der Waals surface area contributed by atoms with Crippen LogP contribution in [0.2, 0.25) is 0 Å². The van der Waals surface area contributed by atoms with Gasteiger partial charge in [-0.15, -0.1) is 0 Å². The van der Waals surface area contributed by atoms with Crippen molar-refractivity contribution < 1.29 is 17.6 Å². The maximum atomic E-state index is 10.9. The molecular weight excluding hydrogens is 220 g/mol. The molecular formula is C8H14N2O4S. The topological polar surface area (TPSA) is 94.6 Å². The number of furan rings is 1. The number of rotatable bonds is 6. The predicted octanol–water partition coefficient (Wildman–Crippen LogP) is -0.337. The number of hydrogen-bond donors (Lipinski definition) is 2. The summed E-state index contributed by atoms with van der Waals surface area (Å²) in [4.78, 5) is 0. The van der Waals surface area contributed by atoms with Crippen molar-refractivity contribution in [1.82, 2.24) is 5.32 Å². The summed E-state index contributed by atoms with van der Waals surface area (Å²) in [7, 11) is -2.13. The van der Waals surface area contributed by atoms with Gasteiger partial charge in [-0.25, -0.2) is 13.6 Å². The molecule has 7 heteroatoms. The van der Waals surface area contributed by atoms with E-state index in [4.69, 9.17) is 14.3 Å². The Morgan fingerprint density at radius 3 is 2.80 bits per heavy atom. The highest BCUT2D eigenvalue weighted by Gasteiger charge is 2.12. The van der Waals surface area contributed by atoms with Crippen LogP contribution in [0.4, 0.5) is 0 Å². The summed E-state index contributed by atoms with van der Waals surface area (Å²) in [6.45, 7) is 1.70. The number of nitrogens with one attached hydrogen (secondary N) is 1. The van der Waals surface area contributed by atoms with Crippen LogP contribution in [0, 0.1) is 0 Å². The molecule has 0 bridgehead atoms. The zero-order valence-corrected chi connectivity index (χ0v) is 9.21. The van der Waals surface area contributed by atoms with Crippen molar-refractivity contribution in [3.8, 4) is 0 Å². The van der Waals surface area contributed by atoms with Crippen molar-refractivity contribution in [3.63, 3.8) is 0 Å². The summed E-state index contributed by atoms with van der Waals surface area (Å²) in [5.41, 5.74) is 0. The Morgan fingerprint density at radius 2 is 2.27 bits per heavy atom. The fourth-order valence-electron chi connectivity index (χ4n) is 0.992. The van der Waals surface area contributed by atoms with E-state index in [0.29, 0.717) is 25.5 Å². The summed E-state index contributed by atoms with van der Waals surface area (Å²) in [6, 6.07) is 2.90. The lowest BCUT2D eigenvalue weighted by Crippen LogP contribution is -2.18. The third-order valence-electron chi connectivity index (χ3n) is 1.70. The first kappa shape index (κ1) is 12.2. The minimum absolute atomic E-state index is 0.217. The molecule has 0 radical (unpaired) electrons. The Labute approximate surface area is 88.4 Å². The van der Waals surface area contributed by atoms with Crippen molar-refractivity contribution in [2.45, 2.75) is 11.6 Å². The molecule has 1 rings (SSSR count). The van der Waals surface area contributed by atoms with Crippen LogP contribution in [0.3, 0.4) is 0 Å². The Morgan fingerprint density at radius 1 is 1.53 bits per heavy atom. The molecule has 0 amide bonds. The quantitative estimate of drug-likeness (QED) is 0.657. The summed E-state index contributed by atoms with van der Waals surface area (Å²) >= 11 is 0. The van der Waals surface area contributed by atoms with Crippen LogP contribution in [0.5, 0.6) is 0 Å². The van der Waals surface area contributed by atoms with Gasteiger partial charge in [-0.05, 0) is 12.1 Å². The average molecular weight is 234 g/mol. The van der Waals surface area contributed by atoms with Crippen LogP contribution in [0.15, 0.2) is 21.6 Å². The molecule has 1 aromatic heterocycles. The van der Waals surface area contributed by atoms with Crippen LogP contribution < -0.4 is 10.5 Å². The molecule has 6 nitrogen and oxygen atoms in total. The predicted molar refractivity (Wildman–Crippen MR) is 53.7 cm³/mol. The first-order valence-electron chi connectivity index (χ1n) is 4.35. The number of methoxy groups -OCH3 is 1. The lowest BCUT2D eigenvalue weighted by atomic mass is 10.4. The summed E-state index contributed by atoms with van der Waals surface area (Å²) < 4.78 is 31.6. The molecule has 0 aliphatic heterocycles. The van der Waals surface area contributed by atoms with Crippen LogP contribution in [-0.4, -0.2) is 28.7 Å². The molecule has 0 spiro atoms. The fraction of sp³-hybridized carbons (Fsp3) is 0.500. The van der Waals surface area contributed by atoms with Gasteiger partial charge in [0.25, 0.3) is 10.0 Å². The maximum absolute atomic E-state index is 10.9. The number of primary sulfonamides is 1. The van der Waals surface area contributed by atoms with E-state index in [0.717, 1.165) is 0 Å². The van der Waals surface area contributed by atoms with E-state index in [1.807, 2.05) is 0 Å². The average Bonchev–Trinajstić information content (AvgIpc) is 2.60. The normalized spacial score (nSPS) is 11.9. The zero-order chi connectivity index (χ0) is 11.3. The highest BCUT2D eigenvalue weighted by molar-refractivity contribution is 7.89.